The van der Waals surface area contributed by atoms with E-state index in [0.717, 1.165) is 28.6 Å². The fourth-order valence-corrected chi connectivity index (χ4v) is 5.70. The summed E-state index contributed by atoms with van der Waals surface area (Å²) in [7, 11) is -8.30. The van der Waals surface area contributed by atoms with E-state index in [-0.39, 0.29) is 42.5 Å². The second-order valence-electron chi connectivity index (χ2n) is 6.72. The third-order valence-corrected chi connectivity index (χ3v) is 7.96. The fraction of sp³-hybridized carbons (Fsp3) is 0.211. The molecular weight excluding hydrogens is 451 g/mol. The summed E-state index contributed by atoms with van der Waals surface area (Å²) in [5, 5.41) is 0.386. The normalized spacial score (nSPS) is 15.8. The first-order chi connectivity index (χ1) is 14.7. The number of ether oxygens (including phenoxy) is 1. The van der Waals surface area contributed by atoms with Crippen LogP contribution in [0.3, 0.4) is 0 Å². The Bertz CT molecular complexity index is 1410. The highest BCUT2D eigenvalue weighted by molar-refractivity contribution is 7.92. The van der Waals surface area contributed by atoms with Crippen LogP contribution >= 0.6 is 0 Å². The predicted molar refractivity (Wildman–Crippen MR) is 109 cm³/mol. The maximum Gasteiger partial charge on any atom is 0.336 e. The van der Waals surface area contributed by atoms with E-state index in [9.17, 15) is 26.0 Å². The van der Waals surface area contributed by atoms with Gasteiger partial charge in [0.2, 0.25) is 10.0 Å². The minimum Gasteiger partial charge on any atom is -0.423 e. The van der Waals surface area contributed by atoms with E-state index >= 15 is 0 Å². The van der Waals surface area contributed by atoms with Gasteiger partial charge in [0.1, 0.15) is 16.3 Å². The minimum atomic E-state index is -4.17. The molecule has 1 aromatic heterocycles. The van der Waals surface area contributed by atoms with Crippen molar-refractivity contribution < 1.29 is 30.4 Å². The molecule has 31 heavy (non-hydrogen) atoms. The van der Waals surface area contributed by atoms with Crippen molar-refractivity contribution in [1.29, 1.82) is 0 Å². The zero-order valence-corrected chi connectivity index (χ0v) is 17.6. The van der Waals surface area contributed by atoms with E-state index in [1.54, 1.807) is 0 Å². The van der Waals surface area contributed by atoms with Crippen LogP contribution in [0.4, 0.5) is 10.1 Å². The van der Waals surface area contributed by atoms with Crippen LogP contribution in [-0.2, 0) is 24.8 Å². The Labute approximate surface area is 177 Å². The Balaban J connectivity index is 1.67. The highest BCUT2D eigenvalue weighted by atomic mass is 32.2. The molecule has 0 radical (unpaired) electrons. The zero-order chi connectivity index (χ0) is 22.2. The molecule has 3 aromatic rings. The number of halogens is 1. The first kappa shape index (κ1) is 21.4. The average molecular weight is 468 g/mol. The maximum atomic E-state index is 14.3. The van der Waals surface area contributed by atoms with Crippen molar-refractivity contribution in [2.75, 3.05) is 31.0 Å². The zero-order valence-electron chi connectivity index (χ0n) is 15.9. The number of hydrogen-bond donors (Lipinski definition) is 1. The van der Waals surface area contributed by atoms with E-state index in [4.69, 9.17) is 9.15 Å². The molecule has 0 atom stereocenters. The number of sulfonamides is 2. The molecule has 4 rings (SSSR count). The highest BCUT2D eigenvalue weighted by Gasteiger charge is 2.29. The van der Waals surface area contributed by atoms with Gasteiger partial charge in [-0.2, -0.15) is 4.31 Å². The van der Waals surface area contributed by atoms with Gasteiger partial charge in [-0.3, -0.25) is 4.72 Å². The molecule has 164 valence electrons. The van der Waals surface area contributed by atoms with Crippen molar-refractivity contribution in [2.24, 2.45) is 0 Å². The summed E-state index contributed by atoms with van der Waals surface area (Å²) >= 11 is 0. The van der Waals surface area contributed by atoms with Crippen LogP contribution in [0, 0.1) is 5.82 Å². The molecule has 0 unspecified atom stereocenters. The maximum absolute atomic E-state index is 14.3. The van der Waals surface area contributed by atoms with Crippen molar-refractivity contribution >= 4 is 36.7 Å². The molecule has 1 N–H and O–H groups in total. The third-order valence-electron chi connectivity index (χ3n) is 4.67. The molecule has 0 spiro atoms. The molecule has 1 aliphatic rings. The topological polar surface area (TPSA) is 123 Å². The van der Waals surface area contributed by atoms with Crippen LogP contribution in [0.2, 0.25) is 0 Å². The summed E-state index contributed by atoms with van der Waals surface area (Å²) in [5.41, 5.74) is -0.471. The Hall–Kier alpha value is -2.80. The number of fused-ring (bicyclic) bond motifs is 1. The molecular formula is C19H17FN2O7S2. The number of nitrogens with zero attached hydrogens (tertiary/aromatic N) is 1. The summed E-state index contributed by atoms with van der Waals surface area (Å²) in [5.74, 6) is -0.991. The van der Waals surface area contributed by atoms with Gasteiger partial charge in [-0.15, -0.1) is 0 Å². The number of rotatable bonds is 5. The van der Waals surface area contributed by atoms with Crippen molar-refractivity contribution in [3.05, 3.63) is 64.8 Å². The van der Waals surface area contributed by atoms with E-state index in [1.807, 2.05) is 0 Å². The quantitative estimate of drug-likeness (QED) is 0.566. The van der Waals surface area contributed by atoms with Crippen LogP contribution in [0.5, 0.6) is 0 Å². The lowest BCUT2D eigenvalue weighted by Crippen LogP contribution is -2.40. The molecule has 0 amide bonds. The van der Waals surface area contributed by atoms with Crippen LogP contribution in [0.1, 0.15) is 0 Å². The van der Waals surface area contributed by atoms with E-state index in [0.29, 0.717) is 5.39 Å². The Kier molecular flexibility index (Phi) is 5.56. The van der Waals surface area contributed by atoms with Crippen LogP contribution in [0.15, 0.2) is 67.5 Å². The summed E-state index contributed by atoms with van der Waals surface area (Å²) in [4.78, 5) is 10.5. The van der Waals surface area contributed by atoms with Crippen molar-refractivity contribution in [1.82, 2.24) is 4.31 Å². The average Bonchev–Trinajstić information content (AvgIpc) is 2.75. The Morgan fingerprint density at radius 1 is 0.935 bits per heavy atom. The molecule has 0 saturated carbocycles. The van der Waals surface area contributed by atoms with Gasteiger partial charge in [0.25, 0.3) is 10.0 Å². The molecule has 0 aliphatic carbocycles. The third kappa shape index (κ3) is 4.32. The molecule has 9 nitrogen and oxygen atoms in total. The first-order valence-electron chi connectivity index (χ1n) is 9.11. The smallest absolute Gasteiger partial charge is 0.336 e. The lowest BCUT2D eigenvalue weighted by atomic mass is 10.2. The van der Waals surface area contributed by atoms with Crippen LogP contribution < -0.4 is 10.3 Å². The van der Waals surface area contributed by atoms with Gasteiger partial charge in [0.15, 0.2) is 0 Å². The molecule has 1 aliphatic heterocycles. The SMILES string of the molecule is O=c1ccc2cc(S(=O)(=O)Nc3ccc(F)c(S(=O)(=O)N4CCOCC4)c3)ccc2o1. The summed E-state index contributed by atoms with van der Waals surface area (Å²) < 4.78 is 78.9. The van der Waals surface area contributed by atoms with E-state index in [1.165, 1.54) is 24.3 Å². The predicted octanol–water partition coefficient (Wildman–Crippen LogP) is 1.75. The summed E-state index contributed by atoms with van der Waals surface area (Å²) in [6, 6.07) is 9.42. The molecule has 1 saturated heterocycles. The standard InChI is InChI=1S/C19H17FN2O7S2/c20-16-4-2-14(12-18(16)31(26,27)22-7-9-28-10-8-22)21-30(24,25)15-3-5-17-13(11-15)1-6-19(23)29-17/h1-6,11-12,21H,7-10H2. The van der Waals surface area contributed by atoms with Crippen LogP contribution in [-0.4, -0.2) is 47.4 Å². The van der Waals surface area contributed by atoms with Gasteiger partial charge in [0, 0.05) is 24.5 Å². The van der Waals surface area contributed by atoms with Gasteiger partial charge in [-0.25, -0.2) is 26.0 Å². The van der Waals surface area contributed by atoms with Gasteiger partial charge >= 0.3 is 5.63 Å². The lowest BCUT2D eigenvalue weighted by Gasteiger charge is -2.26. The van der Waals surface area contributed by atoms with Gasteiger partial charge in [-0.05, 0) is 42.5 Å². The van der Waals surface area contributed by atoms with Crippen molar-refractivity contribution in [3.63, 3.8) is 0 Å². The number of benzene rings is 2. The van der Waals surface area contributed by atoms with Gasteiger partial charge in [-0.1, -0.05) is 0 Å². The fourth-order valence-electron chi connectivity index (χ4n) is 3.12. The van der Waals surface area contributed by atoms with E-state index in [2.05, 4.69) is 4.72 Å². The summed E-state index contributed by atoms with van der Waals surface area (Å²) in [6.07, 6.45) is 0. The molecule has 0 bridgehead atoms. The molecule has 12 heteroatoms. The number of morpholine rings is 1. The number of anilines is 1. The largest absolute Gasteiger partial charge is 0.423 e. The number of hydrogen-bond acceptors (Lipinski definition) is 7. The lowest BCUT2D eigenvalue weighted by molar-refractivity contribution is 0.0729. The monoisotopic (exact) mass is 468 g/mol. The van der Waals surface area contributed by atoms with E-state index < -0.39 is 36.4 Å². The van der Waals surface area contributed by atoms with Crippen LogP contribution in [0.25, 0.3) is 11.0 Å². The molecule has 1 fully saturated rings. The van der Waals surface area contributed by atoms with Gasteiger partial charge in [0.05, 0.1) is 23.8 Å². The second kappa shape index (κ2) is 8.04. The summed E-state index contributed by atoms with van der Waals surface area (Å²) in [6.45, 7) is 0.528. The second-order valence-corrected chi connectivity index (χ2v) is 10.3. The molecule has 2 aromatic carbocycles. The van der Waals surface area contributed by atoms with Gasteiger partial charge < -0.3 is 9.15 Å². The first-order valence-corrected chi connectivity index (χ1v) is 12.0. The number of nitrogens with one attached hydrogen (secondary N) is 1. The highest BCUT2D eigenvalue weighted by Crippen LogP contribution is 2.26. The minimum absolute atomic E-state index is 0.0744. The van der Waals surface area contributed by atoms with Crippen molar-refractivity contribution in [3.8, 4) is 0 Å². The van der Waals surface area contributed by atoms with Crippen molar-refractivity contribution in [2.45, 2.75) is 9.79 Å². The Morgan fingerprint density at radius 2 is 1.68 bits per heavy atom. The molecule has 2 heterocycles. The Morgan fingerprint density at radius 3 is 2.42 bits per heavy atom.